The zero-order valence-electron chi connectivity index (χ0n) is 21.8. The molecule has 39 heavy (non-hydrogen) atoms. The van der Waals surface area contributed by atoms with E-state index in [1.807, 2.05) is 29.2 Å². The zero-order chi connectivity index (χ0) is 27.9. The van der Waals surface area contributed by atoms with Gasteiger partial charge in [-0.1, -0.05) is 49.1 Å². The van der Waals surface area contributed by atoms with E-state index in [9.17, 15) is 23.4 Å². The second-order valence-electron chi connectivity index (χ2n) is 10.1. The number of carbonyl (C=O) groups is 1. The summed E-state index contributed by atoms with van der Waals surface area (Å²) in [5.41, 5.74) is 1.54. The number of fused-ring (bicyclic) bond motifs is 1. The third-order valence-electron chi connectivity index (χ3n) is 7.95. The molecule has 0 saturated heterocycles. The van der Waals surface area contributed by atoms with Gasteiger partial charge in [0.1, 0.15) is 11.6 Å². The van der Waals surface area contributed by atoms with Gasteiger partial charge in [-0.25, -0.2) is 9.18 Å². The number of ether oxygens (including phenoxy) is 1. The number of benzene rings is 3. The Hall–Kier alpha value is -2.82. The van der Waals surface area contributed by atoms with Crippen LogP contribution in [0.3, 0.4) is 0 Å². The molecule has 3 aromatic rings. The van der Waals surface area contributed by atoms with Crippen LogP contribution >= 0.6 is 22.4 Å². The van der Waals surface area contributed by atoms with E-state index in [1.54, 1.807) is 30.6 Å². The van der Waals surface area contributed by atoms with E-state index in [0.717, 1.165) is 37.4 Å². The molecule has 2 aliphatic rings. The van der Waals surface area contributed by atoms with Gasteiger partial charge >= 0.3 is 5.97 Å². The lowest BCUT2D eigenvalue weighted by molar-refractivity contribution is 0.0692. The highest BCUT2D eigenvalue weighted by Gasteiger charge is 2.41. The Kier molecular flexibility index (Phi) is 7.81. The Labute approximate surface area is 234 Å². The second kappa shape index (κ2) is 11.0. The molecule has 1 saturated carbocycles. The van der Waals surface area contributed by atoms with Gasteiger partial charge in [-0.15, -0.1) is 10.8 Å². The van der Waals surface area contributed by atoms with Gasteiger partial charge in [-0.2, -0.15) is 4.31 Å². The fourth-order valence-electron chi connectivity index (χ4n) is 5.84. The van der Waals surface area contributed by atoms with E-state index in [0.29, 0.717) is 29.1 Å². The molecule has 0 aromatic heterocycles. The smallest absolute Gasteiger partial charge is 0.338 e. The molecule has 0 amide bonds. The van der Waals surface area contributed by atoms with Crippen molar-refractivity contribution in [2.45, 2.75) is 43.0 Å². The summed E-state index contributed by atoms with van der Waals surface area (Å²) < 4.78 is 45.2. The maximum Gasteiger partial charge on any atom is 0.338 e. The number of nitrogens with zero attached hydrogens (tertiary/aromatic N) is 2. The van der Waals surface area contributed by atoms with Crippen LogP contribution in [-0.2, 0) is 0 Å². The molecule has 1 heterocycles. The van der Waals surface area contributed by atoms with Crippen LogP contribution in [0.4, 0.5) is 15.8 Å². The number of para-hydroxylation sites is 2. The minimum absolute atomic E-state index is 0.167. The SMILES string of the molecule is COc1ccccc1N1CC(C2CCCCC2)N(C)S(O)(O)c2cc(-c3ccc(F)c(C(=O)O)c3)c(Cl)cc21. The summed E-state index contributed by atoms with van der Waals surface area (Å²) in [5, 5.41) is 9.71. The summed E-state index contributed by atoms with van der Waals surface area (Å²) in [4.78, 5) is 13.9. The number of hydrogen-bond donors (Lipinski definition) is 3. The van der Waals surface area contributed by atoms with Crippen molar-refractivity contribution in [1.82, 2.24) is 4.31 Å². The summed E-state index contributed by atoms with van der Waals surface area (Å²) >= 11 is 6.80. The predicted octanol–water partition coefficient (Wildman–Crippen LogP) is 7.91. The van der Waals surface area contributed by atoms with Crippen molar-refractivity contribution in [3.05, 3.63) is 71.0 Å². The number of rotatable bonds is 5. The first kappa shape index (κ1) is 27.7. The first-order valence-electron chi connectivity index (χ1n) is 12.9. The largest absolute Gasteiger partial charge is 0.495 e. The van der Waals surface area contributed by atoms with Gasteiger partial charge in [0.2, 0.25) is 0 Å². The number of aromatic carboxylic acids is 1. The molecule has 1 atom stereocenters. The van der Waals surface area contributed by atoms with Crippen LogP contribution in [-0.4, -0.2) is 51.2 Å². The molecule has 3 N–H and O–H groups in total. The van der Waals surface area contributed by atoms with Crippen molar-refractivity contribution in [2.24, 2.45) is 5.92 Å². The highest BCUT2D eigenvalue weighted by Crippen LogP contribution is 2.61. The van der Waals surface area contributed by atoms with Crippen molar-refractivity contribution >= 4 is 39.7 Å². The summed E-state index contributed by atoms with van der Waals surface area (Å²) in [5.74, 6) is -1.36. The Balaban J connectivity index is 1.73. The van der Waals surface area contributed by atoms with Crippen molar-refractivity contribution < 1.29 is 28.1 Å². The van der Waals surface area contributed by atoms with Crippen LogP contribution in [0.25, 0.3) is 11.1 Å². The molecular weight excluding hydrogens is 543 g/mol. The molecular formula is C29H32ClFN2O5S. The summed E-state index contributed by atoms with van der Waals surface area (Å²) in [6, 6.07) is 14.4. The molecule has 3 aromatic carbocycles. The molecule has 5 rings (SSSR count). The van der Waals surface area contributed by atoms with Gasteiger partial charge in [0.25, 0.3) is 0 Å². The fourth-order valence-corrected chi connectivity index (χ4v) is 7.76. The number of halogens is 2. The lowest BCUT2D eigenvalue weighted by atomic mass is 9.83. The zero-order valence-corrected chi connectivity index (χ0v) is 23.4. The maximum atomic E-state index is 14.2. The summed E-state index contributed by atoms with van der Waals surface area (Å²) in [7, 11) is -0.150. The lowest BCUT2D eigenvalue weighted by Gasteiger charge is -2.46. The van der Waals surface area contributed by atoms with Gasteiger partial charge in [-0.05, 0) is 60.7 Å². The van der Waals surface area contributed by atoms with E-state index in [2.05, 4.69) is 0 Å². The predicted molar refractivity (Wildman–Crippen MR) is 153 cm³/mol. The van der Waals surface area contributed by atoms with Crippen LogP contribution in [0.5, 0.6) is 5.75 Å². The quantitative estimate of drug-likeness (QED) is 0.285. The summed E-state index contributed by atoms with van der Waals surface area (Å²) in [6.07, 6.45) is 5.37. The molecule has 208 valence electrons. The Morgan fingerprint density at radius 2 is 1.77 bits per heavy atom. The fraction of sp³-hybridized carbons (Fsp3) is 0.345. The molecule has 10 heteroatoms. The van der Waals surface area contributed by atoms with E-state index in [4.69, 9.17) is 16.3 Å². The minimum atomic E-state index is -3.50. The van der Waals surface area contributed by atoms with Crippen LogP contribution in [0, 0.1) is 11.7 Å². The van der Waals surface area contributed by atoms with Gasteiger partial charge < -0.3 is 14.7 Å². The van der Waals surface area contributed by atoms with E-state index < -0.39 is 28.1 Å². The molecule has 0 bridgehead atoms. The van der Waals surface area contributed by atoms with Crippen molar-refractivity contribution in [3.63, 3.8) is 0 Å². The number of anilines is 2. The van der Waals surface area contributed by atoms with Gasteiger partial charge in [0.15, 0.2) is 0 Å². The average molecular weight is 575 g/mol. The van der Waals surface area contributed by atoms with Crippen molar-refractivity contribution in [3.8, 4) is 16.9 Å². The monoisotopic (exact) mass is 574 g/mol. The topological polar surface area (TPSA) is 93.5 Å². The Morgan fingerprint density at radius 1 is 1.05 bits per heavy atom. The second-order valence-corrected chi connectivity index (χ2v) is 12.6. The highest BCUT2D eigenvalue weighted by molar-refractivity contribution is 8.22. The first-order valence-corrected chi connectivity index (χ1v) is 14.8. The van der Waals surface area contributed by atoms with E-state index >= 15 is 0 Å². The summed E-state index contributed by atoms with van der Waals surface area (Å²) in [6.45, 7) is 0.486. The normalized spacial score (nSPS) is 20.7. The molecule has 0 spiro atoms. The first-order chi connectivity index (χ1) is 18.6. The minimum Gasteiger partial charge on any atom is -0.495 e. The molecule has 1 aliphatic heterocycles. The van der Waals surface area contributed by atoms with Crippen molar-refractivity contribution in [2.75, 3.05) is 25.6 Å². The molecule has 7 nitrogen and oxygen atoms in total. The van der Waals surface area contributed by atoms with Crippen LogP contribution in [0.1, 0.15) is 42.5 Å². The number of hydrogen-bond acceptors (Lipinski definition) is 6. The van der Waals surface area contributed by atoms with Gasteiger partial charge in [0, 0.05) is 25.2 Å². The van der Waals surface area contributed by atoms with E-state index in [1.165, 1.54) is 18.6 Å². The maximum absolute atomic E-state index is 14.2. The van der Waals surface area contributed by atoms with Gasteiger partial charge in [-0.3, -0.25) is 9.11 Å². The molecule has 0 radical (unpaired) electrons. The number of likely N-dealkylation sites (N-methyl/N-ethyl adjacent to an activating group) is 1. The lowest BCUT2D eigenvalue weighted by Crippen LogP contribution is -2.45. The van der Waals surface area contributed by atoms with Gasteiger partial charge in [0.05, 0.1) is 34.0 Å². The van der Waals surface area contributed by atoms with Crippen molar-refractivity contribution in [1.29, 1.82) is 0 Å². The third-order valence-corrected chi connectivity index (χ3v) is 10.3. The highest BCUT2D eigenvalue weighted by atomic mass is 35.5. The number of carboxylic acids is 1. The third kappa shape index (κ3) is 5.10. The molecule has 1 aliphatic carbocycles. The Bertz CT molecular complexity index is 1400. The van der Waals surface area contributed by atoms with Crippen LogP contribution < -0.4 is 9.64 Å². The molecule has 1 fully saturated rings. The standard InChI is InChI=1S/C29H32ClFN2O5S/c1-32-26(18-8-4-3-5-9-18)17-33(24-10-6-7-11-27(24)38-2)25-16-22(30)20(15-28(25)39(32,36)37)19-12-13-23(31)21(14-19)29(34)35/h6-7,10-16,18,26,36-37H,3-5,8-9,17H2,1-2H3,(H,34,35). The average Bonchev–Trinajstić information content (AvgIpc) is 3.01. The van der Waals surface area contributed by atoms with Crippen LogP contribution in [0.2, 0.25) is 5.02 Å². The van der Waals surface area contributed by atoms with E-state index in [-0.39, 0.29) is 21.9 Å². The number of methoxy groups -OCH3 is 1. The number of carboxylic acid groups (broad SMARTS) is 1. The molecule has 1 unspecified atom stereocenters. The van der Waals surface area contributed by atoms with Crippen LogP contribution in [0.15, 0.2) is 59.5 Å². The Morgan fingerprint density at radius 3 is 2.46 bits per heavy atom.